The van der Waals surface area contributed by atoms with Crippen LogP contribution in [-0.4, -0.2) is 12.5 Å². The molecule has 2 nitrogen and oxygen atoms in total. The third-order valence-corrected chi connectivity index (χ3v) is 3.37. The van der Waals surface area contributed by atoms with Crippen LogP contribution < -0.4 is 5.32 Å². The fourth-order valence-corrected chi connectivity index (χ4v) is 2.18. The first-order chi connectivity index (χ1) is 9.97. The van der Waals surface area contributed by atoms with E-state index in [1.807, 2.05) is 0 Å². The summed E-state index contributed by atoms with van der Waals surface area (Å²) >= 11 is 1.30. The first-order valence-corrected chi connectivity index (χ1v) is 6.82. The Balaban J connectivity index is 1.96. The largest absolute Gasteiger partial charge is 0.416 e. The molecule has 1 amide bonds. The lowest BCUT2D eigenvalue weighted by Gasteiger charge is -2.05. The van der Waals surface area contributed by atoms with Gasteiger partial charge in [0, 0.05) is 5.56 Å². The second-order valence-corrected chi connectivity index (χ2v) is 4.99. The molecule has 0 radical (unpaired) electrons. The van der Waals surface area contributed by atoms with Gasteiger partial charge in [-0.05, 0) is 29.6 Å². The van der Waals surface area contributed by atoms with Crippen LogP contribution in [0.3, 0.4) is 0 Å². The summed E-state index contributed by atoms with van der Waals surface area (Å²) in [7, 11) is 0. The topological polar surface area (TPSA) is 29.1 Å². The molecule has 0 aliphatic carbocycles. The summed E-state index contributed by atoms with van der Waals surface area (Å²) in [6, 6.07) is 8.20. The van der Waals surface area contributed by atoms with E-state index in [2.05, 4.69) is 17.2 Å². The van der Waals surface area contributed by atoms with Crippen LogP contribution in [0.2, 0.25) is 0 Å². The van der Waals surface area contributed by atoms with Crippen molar-refractivity contribution in [3.05, 3.63) is 57.8 Å². The minimum atomic E-state index is -4.38. The van der Waals surface area contributed by atoms with Crippen molar-refractivity contribution in [3.8, 4) is 11.8 Å². The molecule has 2 rings (SSSR count). The highest BCUT2D eigenvalue weighted by molar-refractivity contribution is 7.12. The summed E-state index contributed by atoms with van der Waals surface area (Å²) in [4.78, 5) is 12.2. The third kappa shape index (κ3) is 4.36. The molecule has 108 valence electrons. The zero-order valence-corrected chi connectivity index (χ0v) is 11.5. The molecule has 0 fully saturated rings. The molecule has 0 aliphatic heterocycles. The Kier molecular flexibility index (Phi) is 4.66. The molecule has 1 N–H and O–H groups in total. The van der Waals surface area contributed by atoms with Crippen LogP contribution in [0.4, 0.5) is 13.2 Å². The maximum absolute atomic E-state index is 12.5. The number of hydrogen-bond donors (Lipinski definition) is 1. The third-order valence-electron chi connectivity index (χ3n) is 2.50. The van der Waals surface area contributed by atoms with E-state index in [1.165, 1.54) is 23.5 Å². The molecule has 1 heterocycles. The normalized spacial score (nSPS) is 10.6. The average molecular weight is 309 g/mol. The molecule has 0 spiro atoms. The predicted molar refractivity (Wildman–Crippen MR) is 75.0 cm³/mol. The SMILES string of the molecule is O=C(NCC#Cc1cccc(C(F)(F)F)c1)c1cccs1. The number of carbonyl (C=O) groups excluding carboxylic acids is 1. The zero-order valence-electron chi connectivity index (χ0n) is 10.7. The van der Waals surface area contributed by atoms with Crippen LogP contribution in [0.25, 0.3) is 0 Å². The average Bonchev–Trinajstić information content (AvgIpc) is 2.97. The number of rotatable bonds is 2. The van der Waals surface area contributed by atoms with Gasteiger partial charge in [-0.25, -0.2) is 0 Å². The Morgan fingerprint density at radius 1 is 1.24 bits per heavy atom. The van der Waals surface area contributed by atoms with Crippen LogP contribution in [0.15, 0.2) is 41.8 Å². The maximum Gasteiger partial charge on any atom is 0.416 e. The summed E-state index contributed by atoms with van der Waals surface area (Å²) in [5.41, 5.74) is -0.480. The second kappa shape index (κ2) is 6.46. The Labute approximate surface area is 123 Å². The number of benzene rings is 1. The van der Waals surface area contributed by atoms with Gasteiger partial charge >= 0.3 is 6.18 Å². The van der Waals surface area contributed by atoms with E-state index in [0.29, 0.717) is 4.88 Å². The predicted octanol–water partition coefficient (Wildman–Crippen LogP) is 3.55. The van der Waals surface area contributed by atoms with Gasteiger partial charge in [0.1, 0.15) is 0 Å². The molecular formula is C15H10F3NOS. The smallest absolute Gasteiger partial charge is 0.340 e. The molecule has 21 heavy (non-hydrogen) atoms. The van der Waals surface area contributed by atoms with Crippen molar-refractivity contribution in [2.24, 2.45) is 0 Å². The Morgan fingerprint density at radius 2 is 2.05 bits per heavy atom. The van der Waals surface area contributed by atoms with Gasteiger partial charge in [-0.1, -0.05) is 24.0 Å². The molecule has 2 aromatic rings. The van der Waals surface area contributed by atoms with Crippen molar-refractivity contribution < 1.29 is 18.0 Å². The maximum atomic E-state index is 12.5. The standard InChI is InChI=1S/C15H10F3NOS/c16-15(17,18)12-6-1-4-11(10-12)5-2-8-19-14(20)13-7-3-9-21-13/h1,3-4,6-7,9-10H,8H2,(H,19,20). The molecule has 1 aromatic heterocycles. The molecule has 0 saturated carbocycles. The van der Waals surface area contributed by atoms with E-state index in [0.717, 1.165) is 12.1 Å². The Hall–Kier alpha value is -2.26. The van der Waals surface area contributed by atoms with Gasteiger partial charge in [-0.2, -0.15) is 13.2 Å². The van der Waals surface area contributed by atoms with Crippen LogP contribution >= 0.6 is 11.3 Å². The second-order valence-electron chi connectivity index (χ2n) is 4.04. The number of hydrogen-bond acceptors (Lipinski definition) is 2. The molecular weight excluding hydrogens is 299 g/mol. The minimum absolute atomic E-state index is 0.0764. The van der Waals surface area contributed by atoms with Crippen molar-refractivity contribution >= 4 is 17.2 Å². The number of alkyl halides is 3. The van der Waals surface area contributed by atoms with E-state index in [1.54, 1.807) is 17.5 Å². The van der Waals surface area contributed by atoms with Gasteiger partial charge in [0.2, 0.25) is 0 Å². The highest BCUT2D eigenvalue weighted by atomic mass is 32.1. The Morgan fingerprint density at radius 3 is 2.71 bits per heavy atom. The number of amides is 1. The first-order valence-electron chi connectivity index (χ1n) is 5.94. The molecule has 0 saturated heterocycles. The highest BCUT2D eigenvalue weighted by Crippen LogP contribution is 2.29. The van der Waals surface area contributed by atoms with E-state index >= 15 is 0 Å². The van der Waals surface area contributed by atoms with Crippen LogP contribution in [0.5, 0.6) is 0 Å². The van der Waals surface area contributed by atoms with Gasteiger partial charge in [0.15, 0.2) is 0 Å². The van der Waals surface area contributed by atoms with Crippen molar-refractivity contribution in [1.82, 2.24) is 5.32 Å². The van der Waals surface area contributed by atoms with Gasteiger partial charge in [-0.3, -0.25) is 4.79 Å². The van der Waals surface area contributed by atoms with Gasteiger partial charge in [0.25, 0.3) is 5.91 Å². The van der Waals surface area contributed by atoms with E-state index < -0.39 is 11.7 Å². The zero-order chi connectivity index (χ0) is 15.3. The van der Waals surface area contributed by atoms with Gasteiger partial charge in [-0.15, -0.1) is 11.3 Å². The highest BCUT2D eigenvalue weighted by Gasteiger charge is 2.30. The van der Waals surface area contributed by atoms with Crippen molar-refractivity contribution in [2.45, 2.75) is 6.18 Å². The summed E-state index contributed by atoms with van der Waals surface area (Å²) in [5.74, 6) is 4.98. The van der Waals surface area contributed by atoms with Gasteiger partial charge < -0.3 is 5.32 Å². The van der Waals surface area contributed by atoms with E-state index in [-0.39, 0.29) is 18.0 Å². The molecule has 6 heteroatoms. The molecule has 0 unspecified atom stereocenters. The van der Waals surface area contributed by atoms with Gasteiger partial charge in [0.05, 0.1) is 17.0 Å². The van der Waals surface area contributed by atoms with Crippen molar-refractivity contribution in [1.29, 1.82) is 0 Å². The monoisotopic (exact) mass is 309 g/mol. The molecule has 1 aromatic carbocycles. The number of thiophene rings is 1. The minimum Gasteiger partial charge on any atom is -0.340 e. The summed E-state index contributed by atoms with van der Waals surface area (Å²) < 4.78 is 37.5. The molecule has 0 atom stereocenters. The quantitative estimate of drug-likeness (QED) is 0.845. The lowest BCUT2D eigenvalue weighted by molar-refractivity contribution is -0.137. The summed E-state index contributed by atoms with van der Waals surface area (Å²) in [5, 5.41) is 4.36. The summed E-state index contributed by atoms with van der Waals surface area (Å²) in [6.07, 6.45) is -4.38. The van der Waals surface area contributed by atoms with Crippen molar-refractivity contribution in [2.75, 3.05) is 6.54 Å². The molecule has 0 aliphatic rings. The van der Waals surface area contributed by atoms with E-state index in [4.69, 9.17) is 0 Å². The fourth-order valence-electron chi connectivity index (χ4n) is 1.54. The van der Waals surface area contributed by atoms with Crippen LogP contribution in [0.1, 0.15) is 20.8 Å². The van der Waals surface area contributed by atoms with Crippen LogP contribution in [0, 0.1) is 11.8 Å². The number of nitrogens with one attached hydrogen (secondary N) is 1. The Bertz CT molecular complexity index is 681. The number of carbonyl (C=O) groups is 1. The van der Waals surface area contributed by atoms with Crippen molar-refractivity contribution in [3.63, 3.8) is 0 Å². The van der Waals surface area contributed by atoms with Crippen LogP contribution in [-0.2, 0) is 6.18 Å². The lowest BCUT2D eigenvalue weighted by Crippen LogP contribution is -2.22. The summed E-state index contributed by atoms with van der Waals surface area (Å²) in [6.45, 7) is 0.0764. The van der Waals surface area contributed by atoms with E-state index in [9.17, 15) is 18.0 Å². The fraction of sp³-hybridized carbons (Fsp3) is 0.133. The number of halogens is 3. The first kappa shape index (κ1) is 15.1. The lowest BCUT2D eigenvalue weighted by atomic mass is 10.1. The molecule has 0 bridgehead atoms.